The molecule has 0 aromatic heterocycles. The number of nitrogens with one attached hydrogen (secondary N) is 1. The second-order valence-corrected chi connectivity index (χ2v) is 4.36. The van der Waals surface area contributed by atoms with E-state index in [-0.39, 0.29) is 5.56 Å². The fraction of sp³-hybridized carbons (Fsp3) is 0.500. The van der Waals surface area contributed by atoms with E-state index in [0.717, 1.165) is 18.5 Å². The third kappa shape index (κ3) is 4.84. The molecule has 1 rings (SSSR count). The van der Waals surface area contributed by atoms with Crippen LogP contribution >= 0.6 is 0 Å². The van der Waals surface area contributed by atoms with Gasteiger partial charge in [0.2, 0.25) is 0 Å². The lowest BCUT2D eigenvalue weighted by atomic mass is 10.1. The van der Waals surface area contributed by atoms with Crippen molar-refractivity contribution >= 4 is 5.97 Å². The van der Waals surface area contributed by atoms with Gasteiger partial charge in [0.25, 0.3) is 0 Å². The lowest BCUT2D eigenvalue weighted by Gasteiger charge is -2.06. The second kappa shape index (κ2) is 7.82. The number of hydrogen-bond acceptors (Lipinski definition) is 2. The molecule has 0 amide bonds. The molecular formula is C14H20FNO2. The molecule has 0 bridgehead atoms. The first kappa shape index (κ1) is 14.6. The summed E-state index contributed by atoms with van der Waals surface area (Å²) in [6.45, 7) is 3.64. The summed E-state index contributed by atoms with van der Waals surface area (Å²) < 4.78 is 13.4. The van der Waals surface area contributed by atoms with Crippen molar-refractivity contribution in [2.75, 3.05) is 6.54 Å². The average molecular weight is 253 g/mol. The molecule has 18 heavy (non-hydrogen) atoms. The molecule has 0 atom stereocenters. The standard InChI is InChI=1S/C14H20FNO2/c1-2-3-4-5-8-16-10-11-6-7-12(14(17)18)13(15)9-11/h6-7,9,16H,2-5,8,10H2,1H3,(H,17,18). The quantitative estimate of drug-likeness (QED) is 0.699. The molecule has 0 saturated carbocycles. The SMILES string of the molecule is CCCCCCNCc1ccc(C(=O)O)c(F)c1. The minimum Gasteiger partial charge on any atom is -0.478 e. The Kier molecular flexibility index (Phi) is 6.36. The van der Waals surface area contributed by atoms with E-state index >= 15 is 0 Å². The van der Waals surface area contributed by atoms with Crippen molar-refractivity contribution in [2.45, 2.75) is 39.2 Å². The molecule has 1 aromatic rings. The van der Waals surface area contributed by atoms with Gasteiger partial charge in [-0.3, -0.25) is 0 Å². The molecule has 0 saturated heterocycles. The molecule has 0 unspecified atom stereocenters. The summed E-state index contributed by atoms with van der Waals surface area (Å²) in [5.74, 6) is -1.90. The molecule has 0 heterocycles. The van der Waals surface area contributed by atoms with Crippen LogP contribution in [0.1, 0.15) is 48.5 Å². The molecule has 0 spiro atoms. The zero-order valence-electron chi connectivity index (χ0n) is 10.7. The van der Waals surface area contributed by atoms with Crippen molar-refractivity contribution in [2.24, 2.45) is 0 Å². The van der Waals surface area contributed by atoms with Crippen LogP contribution in [-0.4, -0.2) is 17.6 Å². The highest BCUT2D eigenvalue weighted by Gasteiger charge is 2.09. The first-order chi connectivity index (χ1) is 8.65. The lowest BCUT2D eigenvalue weighted by molar-refractivity contribution is 0.0692. The molecule has 0 aliphatic rings. The largest absolute Gasteiger partial charge is 0.478 e. The van der Waals surface area contributed by atoms with E-state index in [4.69, 9.17) is 5.11 Å². The Labute approximate surface area is 107 Å². The fourth-order valence-corrected chi connectivity index (χ4v) is 1.75. The molecule has 3 nitrogen and oxygen atoms in total. The van der Waals surface area contributed by atoms with Gasteiger partial charge in [0, 0.05) is 6.54 Å². The predicted molar refractivity (Wildman–Crippen MR) is 69.2 cm³/mol. The molecule has 100 valence electrons. The van der Waals surface area contributed by atoms with Gasteiger partial charge in [-0.25, -0.2) is 9.18 Å². The van der Waals surface area contributed by atoms with Gasteiger partial charge in [-0.05, 0) is 30.7 Å². The molecule has 0 aliphatic heterocycles. The van der Waals surface area contributed by atoms with Gasteiger partial charge in [-0.2, -0.15) is 0 Å². The minimum absolute atomic E-state index is 0.276. The average Bonchev–Trinajstić information content (AvgIpc) is 2.33. The molecule has 2 N–H and O–H groups in total. The van der Waals surface area contributed by atoms with Gasteiger partial charge < -0.3 is 10.4 Å². The highest BCUT2D eigenvalue weighted by atomic mass is 19.1. The van der Waals surface area contributed by atoms with Gasteiger partial charge in [0.05, 0.1) is 5.56 Å². The number of halogens is 1. The summed E-state index contributed by atoms with van der Waals surface area (Å²) in [4.78, 5) is 10.6. The maximum absolute atomic E-state index is 13.4. The highest BCUT2D eigenvalue weighted by Crippen LogP contribution is 2.10. The van der Waals surface area contributed by atoms with Crippen LogP contribution in [0.4, 0.5) is 4.39 Å². The fourth-order valence-electron chi connectivity index (χ4n) is 1.75. The van der Waals surface area contributed by atoms with Crippen molar-refractivity contribution < 1.29 is 14.3 Å². The van der Waals surface area contributed by atoms with Gasteiger partial charge in [0.1, 0.15) is 5.82 Å². The Bertz CT molecular complexity index is 393. The van der Waals surface area contributed by atoms with E-state index in [0.29, 0.717) is 6.54 Å². The van der Waals surface area contributed by atoms with Crippen molar-refractivity contribution in [1.82, 2.24) is 5.32 Å². The van der Waals surface area contributed by atoms with Gasteiger partial charge in [0.15, 0.2) is 0 Å². The van der Waals surface area contributed by atoms with Crippen LogP contribution in [0.3, 0.4) is 0 Å². The number of carboxylic acid groups (broad SMARTS) is 1. The van der Waals surface area contributed by atoms with Crippen molar-refractivity contribution in [3.63, 3.8) is 0 Å². The highest BCUT2D eigenvalue weighted by molar-refractivity contribution is 5.87. The maximum atomic E-state index is 13.4. The van der Waals surface area contributed by atoms with Gasteiger partial charge in [-0.15, -0.1) is 0 Å². The monoisotopic (exact) mass is 253 g/mol. The van der Waals surface area contributed by atoms with Crippen molar-refractivity contribution in [3.05, 3.63) is 35.1 Å². The molecule has 0 aliphatic carbocycles. The number of hydrogen-bond donors (Lipinski definition) is 2. The number of unbranched alkanes of at least 4 members (excludes halogenated alkanes) is 3. The molecule has 1 aromatic carbocycles. The van der Waals surface area contributed by atoms with Crippen molar-refractivity contribution in [3.8, 4) is 0 Å². The van der Waals surface area contributed by atoms with Crippen molar-refractivity contribution in [1.29, 1.82) is 0 Å². The van der Waals surface area contributed by atoms with Crippen LogP contribution in [0.15, 0.2) is 18.2 Å². The summed E-state index contributed by atoms with van der Waals surface area (Å²) in [5, 5.41) is 11.9. The number of aromatic carboxylic acids is 1. The molecule has 0 radical (unpaired) electrons. The summed E-state index contributed by atoms with van der Waals surface area (Å²) >= 11 is 0. The first-order valence-corrected chi connectivity index (χ1v) is 6.37. The molecule has 0 fully saturated rings. The summed E-state index contributed by atoms with van der Waals surface area (Å²) in [5.41, 5.74) is 0.495. The topological polar surface area (TPSA) is 49.3 Å². The van der Waals surface area contributed by atoms with E-state index in [2.05, 4.69) is 12.2 Å². The third-order valence-electron chi connectivity index (χ3n) is 2.80. The normalized spacial score (nSPS) is 10.6. The summed E-state index contributed by atoms with van der Waals surface area (Å²) in [7, 11) is 0. The van der Waals surface area contributed by atoms with Gasteiger partial charge in [-0.1, -0.05) is 32.3 Å². The van der Waals surface area contributed by atoms with Crippen LogP contribution in [0, 0.1) is 5.82 Å². The minimum atomic E-state index is -1.23. The van der Waals surface area contributed by atoms with E-state index in [1.165, 1.54) is 31.4 Å². The number of rotatable bonds is 8. The van der Waals surface area contributed by atoms with E-state index in [9.17, 15) is 9.18 Å². The summed E-state index contributed by atoms with van der Waals surface area (Å²) in [6.07, 6.45) is 4.77. The third-order valence-corrected chi connectivity index (χ3v) is 2.80. The Morgan fingerprint density at radius 2 is 2.11 bits per heavy atom. The Balaban J connectivity index is 2.35. The van der Waals surface area contributed by atoms with E-state index in [1.807, 2.05) is 0 Å². The number of benzene rings is 1. The van der Waals surface area contributed by atoms with E-state index in [1.54, 1.807) is 6.07 Å². The maximum Gasteiger partial charge on any atom is 0.338 e. The van der Waals surface area contributed by atoms with Crippen LogP contribution in [-0.2, 0) is 6.54 Å². The zero-order chi connectivity index (χ0) is 13.4. The Hall–Kier alpha value is -1.42. The Morgan fingerprint density at radius 1 is 1.33 bits per heavy atom. The second-order valence-electron chi connectivity index (χ2n) is 4.36. The Morgan fingerprint density at radius 3 is 2.72 bits per heavy atom. The summed E-state index contributed by atoms with van der Waals surface area (Å²) in [6, 6.07) is 4.24. The molecule has 4 heteroatoms. The zero-order valence-corrected chi connectivity index (χ0v) is 10.7. The predicted octanol–water partition coefficient (Wildman–Crippen LogP) is 3.19. The van der Waals surface area contributed by atoms with Gasteiger partial charge >= 0.3 is 5.97 Å². The van der Waals surface area contributed by atoms with Crippen LogP contribution in [0.25, 0.3) is 0 Å². The van der Waals surface area contributed by atoms with Crippen LogP contribution in [0.5, 0.6) is 0 Å². The lowest BCUT2D eigenvalue weighted by Crippen LogP contribution is -2.15. The number of carbonyl (C=O) groups is 1. The molecular weight excluding hydrogens is 233 g/mol. The first-order valence-electron chi connectivity index (χ1n) is 6.37. The van der Waals surface area contributed by atoms with Crippen LogP contribution in [0.2, 0.25) is 0 Å². The van der Waals surface area contributed by atoms with E-state index < -0.39 is 11.8 Å². The smallest absolute Gasteiger partial charge is 0.338 e. The number of carboxylic acids is 1. The van der Waals surface area contributed by atoms with Crippen LogP contribution < -0.4 is 5.32 Å².